The van der Waals surface area contributed by atoms with Crippen LogP contribution in [0, 0.1) is 18.3 Å². The van der Waals surface area contributed by atoms with Crippen molar-refractivity contribution in [2.75, 3.05) is 6.61 Å². The molecular weight excluding hydrogens is 266 g/mol. The van der Waals surface area contributed by atoms with Gasteiger partial charge in [0.25, 0.3) is 0 Å². The summed E-state index contributed by atoms with van der Waals surface area (Å²) in [7, 11) is 1.35. The van der Waals surface area contributed by atoms with Crippen LogP contribution in [-0.2, 0) is 0 Å². The number of ether oxygens (including phenoxy) is 1. The Bertz CT molecular complexity index is 676. The molecule has 1 aromatic heterocycles. The normalized spacial score (nSPS) is 13.8. The average Bonchev–Trinajstić information content (AvgIpc) is 2.71. The number of nitrogens with two attached hydrogens (primary N) is 1. The number of benzene rings is 1. The minimum absolute atomic E-state index is 0.0133. The zero-order chi connectivity index (χ0) is 14.2. The number of rotatable bonds is 3. The standard InChI is InChI=1S/C12H12BClN2O3/c1-6-3-7-8(13-19-11(7)17)9(14)10(6)18-5-12(2,16)4-15/h3,17H,5,16H2,1-2H3. The summed E-state index contributed by atoms with van der Waals surface area (Å²) in [6, 6.07) is 3.65. The number of aryl methyl sites for hydroxylation is 1. The van der Waals surface area contributed by atoms with Gasteiger partial charge >= 0.3 is 115 Å². The van der Waals surface area contributed by atoms with Gasteiger partial charge in [-0.15, -0.1) is 0 Å². The first-order chi connectivity index (χ1) is 8.85. The van der Waals surface area contributed by atoms with E-state index < -0.39 is 5.54 Å². The molecule has 0 amide bonds. The predicted molar refractivity (Wildman–Crippen MR) is 72.7 cm³/mol. The summed E-state index contributed by atoms with van der Waals surface area (Å²) in [5, 5.41) is 19.8. The summed E-state index contributed by atoms with van der Waals surface area (Å²) < 4.78 is 10.4. The van der Waals surface area contributed by atoms with Crippen molar-refractivity contribution >= 4 is 29.4 Å². The second kappa shape index (κ2) is 4.76. The van der Waals surface area contributed by atoms with Gasteiger partial charge in [-0.25, -0.2) is 0 Å². The second-order valence-corrected chi connectivity index (χ2v) is 5.03. The fourth-order valence-corrected chi connectivity index (χ4v) is 2.03. The molecule has 3 N–H and O–H groups in total. The number of hydrogen-bond donors (Lipinski definition) is 2. The minimum atomic E-state index is -1.09. The molecule has 1 heterocycles. The maximum absolute atomic E-state index is 9.52. The monoisotopic (exact) mass is 278 g/mol. The van der Waals surface area contributed by atoms with Gasteiger partial charge < -0.3 is 0 Å². The first-order valence-electron chi connectivity index (χ1n) is 5.58. The van der Waals surface area contributed by atoms with E-state index in [9.17, 15) is 5.11 Å². The Hall–Kier alpha value is -1.71. The fraction of sp³-hybridized carbons (Fsp3) is 0.333. The van der Waals surface area contributed by atoms with Crippen molar-refractivity contribution < 1.29 is 14.2 Å². The van der Waals surface area contributed by atoms with E-state index in [1.165, 1.54) is 7.13 Å². The molecule has 5 nitrogen and oxygen atoms in total. The van der Waals surface area contributed by atoms with Crippen LogP contribution in [-0.4, -0.2) is 24.4 Å². The van der Waals surface area contributed by atoms with Crippen LogP contribution in [0.4, 0.5) is 0 Å². The van der Waals surface area contributed by atoms with Gasteiger partial charge in [0.1, 0.15) is 0 Å². The molecule has 7 heteroatoms. The summed E-state index contributed by atoms with van der Waals surface area (Å²) in [6.07, 6.45) is 0. The fourth-order valence-electron chi connectivity index (χ4n) is 1.68. The van der Waals surface area contributed by atoms with Crippen molar-refractivity contribution in [2.45, 2.75) is 19.4 Å². The first kappa shape index (κ1) is 13.7. The van der Waals surface area contributed by atoms with E-state index in [0.29, 0.717) is 21.4 Å². The van der Waals surface area contributed by atoms with E-state index in [1.807, 2.05) is 6.07 Å². The Labute approximate surface area is 115 Å². The molecule has 2 rings (SSSR count). The third-order valence-electron chi connectivity index (χ3n) is 2.74. The zero-order valence-electron chi connectivity index (χ0n) is 10.5. The van der Waals surface area contributed by atoms with Crippen molar-refractivity contribution in [1.29, 1.82) is 5.26 Å². The van der Waals surface area contributed by atoms with Crippen molar-refractivity contribution in [2.24, 2.45) is 5.73 Å². The molecule has 2 aromatic rings. The van der Waals surface area contributed by atoms with Crippen LogP contribution in [0.25, 0.3) is 10.7 Å². The summed E-state index contributed by atoms with van der Waals surface area (Å²) in [5.41, 5.74) is 5.32. The summed E-state index contributed by atoms with van der Waals surface area (Å²) in [4.78, 5) is 0. The quantitative estimate of drug-likeness (QED) is 0.896. The Kier molecular flexibility index (Phi) is 3.44. The van der Waals surface area contributed by atoms with Crippen molar-refractivity contribution in [3.63, 3.8) is 0 Å². The van der Waals surface area contributed by atoms with Crippen LogP contribution < -0.4 is 10.5 Å². The second-order valence-electron chi connectivity index (χ2n) is 4.66. The van der Waals surface area contributed by atoms with Crippen LogP contribution in [0.3, 0.4) is 0 Å². The molecule has 0 radical (unpaired) electrons. The Morgan fingerprint density at radius 3 is 3.00 bits per heavy atom. The van der Waals surface area contributed by atoms with Crippen LogP contribution in [0.1, 0.15) is 12.5 Å². The number of nitriles is 1. The molecule has 0 fully saturated rings. The molecule has 0 aliphatic rings. The van der Waals surface area contributed by atoms with Gasteiger partial charge in [0.05, 0.1) is 0 Å². The number of aromatic hydroxyl groups is 1. The Morgan fingerprint density at radius 1 is 1.68 bits per heavy atom. The molecule has 0 aliphatic carbocycles. The number of hydrogen-bond acceptors (Lipinski definition) is 5. The van der Waals surface area contributed by atoms with Gasteiger partial charge in [0.15, 0.2) is 0 Å². The van der Waals surface area contributed by atoms with Crippen molar-refractivity contribution in [3.8, 4) is 17.8 Å². The molecule has 19 heavy (non-hydrogen) atoms. The molecule has 1 aromatic carbocycles. The third kappa shape index (κ3) is 2.53. The molecule has 1 unspecified atom stereocenters. The van der Waals surface area contributed by atoms with Crippen molar-refractivity contribution in [3.05, 3.63) is 16.7 Å². The van der Waals surface area contributed by atoms with E-state index in [4.69, 9.17) is 31.7 Å². The molecule has 0 saturated carbocycles. The van der Waals surface area contributed by atoms with E-state index in [-0.39, 0.29) is 12.6 Å². The number of nitrogens with zero attached hydrogens (tertiary/aromatic N) is 1. The van der Waals surface area contributed by atoms with Gasteiger partial charge in [-0.1, -0.05) is 0 Å². The molecule has 0 bridgehead atoms. The number of fused-ring (bicyclic) bond motifs is 1. The molecule has 98 valence electrons. The molecule has 0 saturated heterocycles. The van der Waals surface area contributed by atoms with Gasteiger partial charge in [-0.3, -0.25) is 0 Å². The van der Waals surface area contributed by atoms with E-state index in [2.05, 4.69) is 0 Å². The van der Waals surface area contributed by atoms with Gasteiger partial charge in [-0.2, -0.15) is 0 Å². The van der Waals surface area contributed by atoms with E-state index in [1.54, 1.807) is 19.9 Å². The van der Waals surface area contributed by atoms with Gasteiger partial charge in [0, 0.05) is 0 Å². The number of halogens is 1. The maximum atomic E-state index is 9.52. The van der Waals surface area contributed by atoms with Crippen LogP contribution in [0.15, 0.2) is 10.4 Å². The van der Waals surface area contributed by atoms with E-state index in [0.717, 1.165) is 5.56 Å². The van der Waals surface area contributed by atoms with Crippen molar-refractivity contribution in [1.82, 2.24) is 0 Å². The summed E-state index contributed by atoms with van der Waals surface area (Å²) >= 11 is 6.21. The molecule has 0 aliphatic heterocycles. The van der Waals surface area contributed by atoms with E-state index >= 15 is 0 Å². The molecular formula is C12H12BClN2O3. The van der Waals surface area contributed by atoms with Gasteiger partial charge in [-0.05, 0) is 0 Å². The first-order valence-corrected chi connectivity index (χ1v) is 5.96. The molecule has 0 spiro atoms. The average molecular weight is 279 g/mol. The Morgan fingerprint density at radius 2 is 2.37 bits per heavy atom. The predicted octanol–water partition coefficient (Wildman–Crippen LogP) is 2.06. The van der Waals surface area contributed by atoms with Crippen LogP contribution in [0.2, 0.25) is 5.02 Å². The zero-order valence-corrected chi connectivity index (χ0v) is 11.3. The van der Waals surface area contributed by atoms with Crippen LogP contribution >= 0.6 is 11.6 Å². The van der Waals surface area contributed by atoms with Gasteiger partial charge in [0.2, 0.25) is 0 Å². The Balaban J connectivity index is 2.42. The van der Waals surface area contributed by atoms with Crippen LogP contribution in [0.5, 0.6) is 11.7 Å². The topological polar surface area (TPSA) is 92.4 Å². The summed E-state index contributed by atoms with van der Waals surface area (Å²) in [6.45, 7) is 3.37. The summed E-state index contributed by atoms with van der Waals surface area (Å²) in [5.74, 6) is 0.245. The SMILES string of the molecule is Cc1cc2c(O)obc2c(Cl)c1OCC(C)(N)C#N. The molecule has 1 atom stereocenters. The third-order valence-corrected chi connectivity index (χ3v) is 3.11.